The first-order valence-corrected chi connectivity index (χ1v) is 8.39. The number of rotatable bonds is 3. The standard InChI is InChI=1S/C16H18BrN5/c1-11-4-5-18-16(20-11)22-10-14-6-15(22)9-21(14)8-13-3-2-12(17)7-19-13/h2-5,7,14-15H,6,8-10H2,1H3. The Bertz CT molecular complexity index is 674. The van der Waals surface area contributed by atoms with Gasteiger partial charge in [-0.2, -0.15) is 0 Å². The second kappa shape index (κ2) is 5.59. The first-order valence-electron chi connectivity index (χ1n) is 7.60. The highest BCUT2D eigenvalue weighted by molar-refractivity contribution is 9.10. The van der Waals surface area contributed by atoms with Crippen LogP contribution in [-0.4, -0.2) is 45.0 Å². The van der Waals surface area contributed by atoms with E-state index in [9.17, 15) is 0 Å². The van der Waals surface area contributed by atoms with Gasteiger partial charge in [-0.3, -0.25) is 9.88 Å². The number of aryl methyl sites for hydroxylation is 1. The molecule has 114 valence electrons. The van der Waals surface area contributed by atoms with Crippen LogP contribution >= 0.6 is 15.9 Å². The number of hydrogen-bond donors (Lipinski definition) is 0. The van der Waals surface area contributed by atoms with E-state index in [1.807, 2.05) is 25.4 Å². The van der Waals surface area contributed by atoms with E-state index in [-0.39, 0.29) is 0 Å². The highest BCUT2D eigenvalue weighted by atomic mass is 79.9. The molecule has 2 aliphatic heterocycles. The Morgan fingerprint density at radius 3 is 2.77 bits per heavy atom. The quantitative estimate of drug-likeness (QED) is 0.841. The number of halogens is 1. The van der Waals surface area contributed by atoms with E-state index >= 15 is 0 Å². The molecule has 2 atom stereocenters. The second-order valence-electron chi connectivity index (χ2n) is 6.09. The molecule has 0 spiro atoms. The molecule has 2 aromatic rings. The minimum absolute atomic E-state index is 0.530. The van der Waals surface area contributed by atoms with Crippen LogP contribution in [0.3, 0.4) is 0 Å². The summed E-state index contributed by atoms with van der Waals surface area (Å²) in [4.78, 5) is 18.4. The monoisotopic (exact) mass is 359 g/mol. The number of piperazine rings is 1. The third-order valence-corrected chi connectivity index (χ3v) is 5.02. The number of nitrogens with zero attached hydrogens (tertiary/aromatic N) is 5. The summed E-state index contributed by atoms with van der Waals surface area (Å²) in [6.45, 7) is 5.03. The topological polar surface area (TPSA) is 45.2 Å². The molecule has 0 aliphatic carbocycles. The predicted molar refractivity (Wildman–Crippen MR) is 88.7 cm³/mol. The molecule has 0 N–H and O–H groups in total. The normalized spacial score (nSPS) is 24.2. The van der Waals surface area contributed by atoms with Gasteiger partial charge in [0, 0.05) is 54.3 Å². The van der Waals surface area contributed by atoms with E-state index in [0.29, 0.717) is 12.1 Å². The van der Waals surface area contributed by atoms with Gasteiger partial charge in [-0.05, 0) is 47.5 Å². The molecule has 2 aromatic heterocycles. The molecule has 0 amide bonds. The van der Waals surface area contributed by atoms with Gasteiger partial charge in [0.2, 0.25) is 5.95 Å². The van der Waals surface area contributed by atoms with Crippen molar-refractivity contribution in [1.82, 2.24) is 19.9 Å². The van der Waals surface area contributed by atoms with Crippen LogP contribution in [0.5, 0.6) is 0 Å². The summed E-state index contributed by atoms with van der Waals surface area (Å²) in [5.74, 6) is 0.883. The zero-order chi connectivity index (χ0) is 15.1. The molecule has 2 fully saturated rings. The van der Waals surface area contributed by atoms with Crippen LogP contribution in [0.15, 0.2) is 35.1 Å². The van der Waals surface area contributed by atoms with Gasteiger partial charge < -0.3 is 4.90 Å². The van der Waals surface area contributed by atoms with Gasteiger partial charge in [-0.15, -0.1) is 0 Å². The van der Waals surface area contributed by atoms with Gasteiger partial charge in [0.25, 0.3) is 0 Å². The van der Waals surface area contributed by atoms with Crippen LogP contribution in [0.4, 0.5) is 5.95 Å². The van der Waals surface area contributed by atoms with Crippen molar-refractivity contribution in [2.24, 2.45) is 0 Å². The van der Waals surface area contributed by atoms with Gasteiger partial charge in [0.1, 0.15) is 0 Å². The summed E-state index contributed by atoms with van der Waals surface area (Å²) in [6, 6.07) is 7.21. The molecule has 4 heterocycles. The molecule has 2 unspecified atom stereocenters. The Morgan fingerprint density at radius 1 is 1.18 bits per heavy atom. The summed E-state index contributed by atoms with van der Waals surface area (Å²) >= 11 is 3.43. The highest BCUT2D eigenvalue weighted by Crippen LogP contribution is 2.33. The zero-order valence-electron chi connectivity index (χ0n) is 12.5. The molecule has 0 aromatic carbocycles. The fraction of sp³-hybridized carbons (Fsp3) is 0.438. The number of aromatic nitrogens is 3. The molecule has 2 aliphatic rings. The summed E-state index contributed by atoms with van der Waals surface area (Å²) < 4.78 is 1.03. The molecule has 2 bridgehead atoms. The van der Waals surface area contributed by atoms with Crippen LogP contribution in [0, 0.1) is 6.92 Å². The van der Waals surface area contributed by atoms with E-state index in [4.69, 9.17) is 0 Å². The van der Waals surface area contributed by atoms with Crippen LogP contribution in [0.2, 0.25) is 0 Å². The van der Waals surface area contributed by atoms with Crippen LogP contribution in [0.1, 0.15) is 17.8 Å². The largest absolute Gasteiger partial charge is 0.335 e. The van der Waals surface area contributed by atoms with Gasteiger partial charge in [0.15, 0.2) is 0 Å². The lowest BCUT2D eigenvalue weighted by molar-refractivity contribution is 0.227. The van der Waals surface area contributed by atoms with Crippen molar-refractivity contribution in [3.05, 3.63) is 46.5 Å². The molecule has 5 nitrogen and oxygen atoms in total. The van der Waals surface area contributed by atoms with Crippen molar-refractivity contribution in [3.8, 4) is 0 Å². The molecule has 0 radical (unpaired) electrons. The Labute approximate surface area is 138 Å². The van der Waals surface area contributed by atoms with E-state index in [1.165, 1.54) is 6.42 Å². The van der Waals surface area contributed by atoms with Gasteiger partial charge >= 0.3 is 0 Å². The highest BCUT2D eigenvalue weighted by Gasteiger charge is 2.44. The third-order valence-electron chi connectivity index (χ3n) is 4.55. The van der Waals surface area contributed by atoms with E-state index in [2.05, 4.69) is 52.8 Å². The number of hydrogen-bond acceptors (Lipinski definition) is 5. The summed E-state index contributed by atoms with van der Waals surface area (Å²) in [5, 5.41) is 0. The van der Waals surface area contributed by atoms with E-state index in [0.717, 1.165) is 41.4 Å². The lowest BCUT2D eigenvalue weighted by Crippen LogP contribution is -2.46. The molecule has 4 rings (SSSR count). The zero-order valence-corrected chi connectivity index (χ0v) is 14.1. The van der Waals surface area contributed by atoms with Crippen LogP contribution in [-0.2, 0) is 6.54 Å². The minimum Gasteiger partial charge on any atom is -0.335 e. The summed E-state index contributed by atoms with van der Waals surface area (Å²) in [7, 11) is 0. The van der Waals surface area contributed by atoms with Crippen molar-refractivity contribution in [3.63, 3.8) is 0 Å². The van der Waals surface area contributed by atoms with Crippen molar-refractivity contribution < 1.29 is 0 Å². The lowest BCUT2D eigenvalue weighted by Gasteiger charge is -2.34. The first-order chi connectivity index (χ1) is 10.7. The van der Waals surface area contributed by atoms with Crippen molar-refractivity contribution in [2.75, 3.05) is 18.0 Å². The van der Waals surface area contributed by atoms with Gasteiger partial charge in [-0.25, -0.2) is 9.97 Å². The molecule has 22 heavy (non-hydrogen) atoms. The summed E-state index contributed by atoms with van der Waals surface area (Å²) in [6.07, 6.45) is 4.93. The maximum absolute atomic E-state index is 4.57. The Balaban J connectivity index is 1.44. The van der Waals surface area contributed by atoms with Crippen molar-refractivity contribution in [1.29, 1.82) is 0 Å². The second-order valence-corrected chi connectivity index (χ2v) is 7.01. The van der Waals surface area contributed by atoms with E-state index < -0.39 is 0 Å². The van der Waals surface area contributed by atoms with Crippen LogP contribution in [0.25, 0.3) is 0 Å². The van der Waals surface area contributed by atoms with Crippen molar-refractivity contribution >= 4 is 21.9 Å². The van der Waals surface area contributed by atoms with Gasteiger partial charge in [0.05, 0.1) is 5.69 Å². The SMILES string of the molecule is Cc1ccnc(N2CC3CC2CN3Cc2ccc(Br)cn2)n1. The lowest BCUT2D eigenvalue weighted by atomic mass is 10.2. The van der Waals surface area contributed by atoms with E-state index in [1.54, 1.807) is 0 Å². The number of pyridine rings is 1. The average molecular weight is 360 g/mol. The number of anilines is 1. The third kappa shape index (κ3) is 2.61. The van der Waals surface area contributed by atoms with Gasteiger partial charge in [-0.1, -0.05) is 0 Å². The predicted octanol–water partition coefficient (Wildman–Crippen LogP) is 2.41. The molecular weight excluding hydrogens is 342 g/mol. The average Bonchev–Trinajstić information content (AvgIpc) is 3.09. The fourth-order valence-corrected chi connectivity index (χ4v) is 3.70. The number of likely N-dealkylation sites (tertiary alicyclic amines) is 1. The Morgan fingerprint density at radius 2 is 2.09 bits per heavy atom. The summed E-state index contributed by atoms with van der Waals surface area (Å²) in [5.41, 5.74) is 2.16. The minimum atomic E-state index is 0.530. The van der Waals surface area contributed by atoms with Crippen molar-refractivity contribution in [2.45, 2.75) is 32.0 Å². The van der Waals surface area contributed by atoms with Crippen LogP contribution < -0.4 is 4.90 Å². The molecule has 2 saturated heterocycles. The Kier molecular flexibility index (Phi) is 3.58. The smallest absolute Gasteiger partial charge is 0.225 e. The molecular formula is C16H18BrN5. The maximum Gasteiger partial charge on any atom is 0.225 e. The molecule has 6 heteroatoms. The molecule has 0 saturated carbocycles. The number of fused-ring (bicyclic) bond motifs is 2. The fourth-order valence-electron chi connectivity index (χ4n) is 3.47. The maximum atomic E-state index is 4.57. The Hall–Kier alpha value is -1.53. The first kappa shape index (κ1) is 14.1.